The molecule has 0 aliphatic heterocycles. The van der Waals surface area contributed by atoms with Gasteiger partial charge in [0.15, 0.2) is 5.82 Å². The van der Waals surface area contributed by atoms with Crippen LogP contribution in [-0.4, -0.2) is 18.0 Å². The van der Waals surface area contributed by atoms with Gasteiger partial charge in [0.1, 0.15) is 17.4 Å². The molecule has 2 aromatic carbocycles. The first-order chi connectivity index (χ1) is 14.7. The summed E-state index contributed by atoms with van der Waals surface area (Å²) < 4.78 is 5.13. The summed E-state index contributed by atoms with van der Waals surface area (Å²) in [7, 11) is 1.57. The van der Waals surface area contributed by atoms with Gasteiger partial charge in [-0.1, -0.05) is 24.3 Å². The Morgan fingerprint density at radius 3 is 2.63 bits per heavy atom. The molecule has 2 heterocycles. The van der Waals surface area contributed by atoms with Crippen LogP contribution in [0, 0.1) is 11.3 Å². The number of carbonyl (C=O) groups is 1. The van der Waals surface area contributed by atoms with E-state index >= 15 is 0 Å². The zero-order valence-corrected chi connectivity index (χ0v) is 17.0. The standard InChI is InChI=1S/C23H18N4O2S/c1-29-16-10-8-15(9-11-16)23(28)27-22-19(13-24)21(25-14-17-5-4-12-30-17)18-6-2-3-7-20(18)26-22/h2-12H,14H2,1H3,(H2,25,26,27,28). The van der Waals surface area contributed by atoms with Crippen LogP contribution in [0.3, 0.4) is 0 Å². The molecule has 4 rings (SSSR count). The number of nitriles is 1. The second-order valence-corrected chi connectivity index (χ2v) is 7.49. The van der Waals surface area contributed by atoms with Crippen LogP contribution >= 0.6 is 11.3 Å². The molecule has 0 fully saturated rings. The van der Waals surface area contributed by atoms with E-state index in [0.717, 1.165) is 10.3 Å². The zero-order valence-electron chi connectivity index (χ0n) is 16.2. The largest absolute Gasteiger partial charge is 0.497 e. The van der Waals surface area contributed by atoms with Crippen molar-refractivity contribution in [3.8, 4) is 11.8 Å². The maximum atomic E-state index is 12.8. The van der Waals surface area contributed by atoms with E-state index in [4.69, 9.17) is 4.74 Å². The van der Waals surface area contributed by atoms with Gasteiger partial charge in [0.25, 0.3) is 5.91 Å². The monoisotopic (exact) mass is 414 g/mol. The minimum atomic E-state index is -0.346. The Labute approximate surface area is 177 Å². The number of ether oxygens (including phenoxy) is 1. The van der Waals surface area contributed by atoms with Crippen LogP contribution in [0.4, 0.5) is 11.5 Å². The predicted octanol–water partition coefficient (Wildman–Crippen LogP) is 5.04. The van der Waals surface area contributed by atoms with Gasteiger partial charge < -0.3 is 15.4 Å². The van der Waals surface area contributed by atoms with Crippen LogP contribution in [0.15, 0.2) is 66.0 Å². The third-order valence-electron chi connectivity index (χ3n) is 4.61. The molecule has 1 amide bonds. The average Bonchev–Trinajstić information content (AvgIpc) is 3.31. The van der Waals surface area contributed by atoms with Crippen LogP contribution in [-0.2, 0) is 6.54 Å². The van der Waals surface area contributed by atoms with Crippen molar-refractivity contribution in [3.63, 3.8) is 0 Å². The number of hydrogen-bond donors (Lipinski definition) is 2. The molecule has 0 radical (unpaired) electrons. The first-order valence-corrected chi connectivity index (χ1v) is 10.1. The predicted molar refractivity (Wildman–Crippen MR) is 119 cm³/mol. The molecule has 0 bridgehead atoms. The number of benzene rings is 2. The van der Waals surface area contributed by atoms with Crippen molar-refractivity contribution in [2.75, 3.05) is 17.7 Å². The Morgan fingerprint density at radius 1 is 1.13 bits per heavy atom. The fourth-order valence-electron chi connectivity index (χ4n) is 3.11. The van der Waals surface area contributed by atoms with Gasteiger partial charge in [-0.15, -0.1) is 11.3 Å². The van der Waals surface area contributed by atoms with Gasteiger partial charge in [-0.3, -0.25) is 4.79 Å². The van der Waals surface area contributed by atoms with E-state index in [9.17, 15) is 10.1 Å². The smallest absolute Gasteiger partial charge is 0.256 e. The minimum Gasteiger partial charge on any atom is -0.497 e. The second kappa shape index (κ2) is 8.64. The maximum Gasteiger partial charge on any atom is 0.256 e. The summed E-state index contributed by atoms with van der Waals surface area (Å²) in [6, 6.07) is 20.5. The summed E-state index contributed by atoms with van der Waals surface area (Å²) in [5.41, 5.74) is 2.09. The molecule has 7 heteroatoms. The number of thiophene rings is 1. The Hall–Kier alpha value is -3.89. The number of nitrogens with one attached hydrogen (secondary N) is 2. The molecule has 4 aromatic rings. The number of carbonyl (C=O) groups excluding carboxylic acids is 1. The van der Waals surface area contributed by atoms with Crippen molar-refractivity contribution in [2.24, 2.45) is 0 Å². The third kappa shape index (κ3) is 3.95. The molecule has 0 atom stereocenters. The van der Waals surface area contributed by atoms with Crippen molar-refractivity contribution in [2.45, 2.75) is 6.54 Å². The van der Waals surface area contributed by atoms with Gasteiger partial charge in [0.05, 0.1) is 18.3 Å². The second-order valence-electron chi connectivity index (χ2n) is 6.45. The molecule has 0 saturated heterocycles. The van der Waals surface area contributed by atoms with Gasteiger partial charge in [0.2, 0.25) is 0 Å². The molecule has 0 unspecified atom stereocenters. The van der Waals surface area contributed by atoms with E-state index < -0.39 is 0 Å². The number of fused-ring (bicyclic) bond motifs is 1. The van der Waals surface area contributed by atoms with Crippen molar-refractivity contribution >= 4 is 39.7 Å². The fraction of sp³-hybridized carbons (Fsp3) is 0.0870. The van der Waals surface area contributed by atoms with Crippen molar-refractivity contribution < 1.29 is 9.53 Å². The Morgan fingerprint density at radius 2 is 1.93 bits per heavy atom. The molecule has 2 N–H and O–H groups in total. The highest BCUT2D eigenvalue weighted by Crippen LogP contribution is 2.32. The van der Waals surface area contributed by atoms with Crippen LogP contribution < -0.4 is 15.4 Å². The Bertz CT molecular complexity index is 1230. The number of nitrogens with zero attached hydrogens (tertiary/aromatic N) is 2. The number of para-hydroxylation sites is 1. The molecule has 0 aliphatic carbocycles. The maximum absolute atomic E-state index is 12.8. The summed E-state index contributed by atoms with van der Waals surface area (Å²) in [5, 5.41) is 18.9. The van der Waals surface area contributed by atoms with Gasteiger partial charge in [0, 0.05) is 22.4 Å². The normalized spacial score (nSPS) is 10.4. The molecule has 30 heavy (non-hydrogen) atoms. The van der Waals surface area contributed by atoms with Gasteiger partial charge >= 0.3 is 0 Å². The summed E-state index contributed by atoms with van der Waals surface area (Å²) >= 11 is 1.64. The highest BCUT2D eigenvalue weighted by Gasteiger charge is 2.18. The topological polar surface area (TPSA) is 87.0 Å². The molecule has 6 nitrogen and oxygen atoms in total. The lowest BCUT2D eigenvalue weighted by atomic mass is 10.1. The van der Waals surface area contributed by atoms with E-state index in [1.54, 1.807) is 42.7 Å². The number of aromatic nitrogens is 1. The van der Waals surface area contributed by atoms with Crippen LogP contribution in [0.2, 0.25) is 0 Å². The first-order valence-electron chi connectivity index (χ1n) is 9.24. The summed E-state index contributed by atoms with van der Waals surface area (Å²) in [5.74, 6) is 0.542. The number of anilines is 2. The molecule has 148 valence electrons. The molecule has 0 saturated carbocycles. The third-order valence-corrected chi connectivity index (χ3v) is 5.48. The highest BCUT2D eigenvalue weighted by molar-refractivity contribution is 7.09. The van der Waals surface area contributed by atoms with E-state index in [1.807, 2.05) is 41.8 Å². The molecular formula is C23H18N4O2S. The lowest BCUT2D eigenvalue weighted by molar-refractivity contribution is 0.102. The SMILES string of the molecule is COc1ccc(C(=O)Nc2nc3ccccc3c(NCc3cccs3)c2C#N)cc1. The number of pyridine rings is 1. The quantitative estimate of drug-likeness (QED) is 0.461. The van der Waals surface area contributed by atoms with Gasteiger partial charge in [-0.2, -0.15) is 5.26 Å². The number of amides is 1. The van der Waals surface area contributed by atoms with E-state index in [0.29, 0.717) is 34.6 Å². The Kier molecular flexibility index (Phi) is 5.59. The highest BCUT2D eigenvalue weighted by atomic mass is 32.1. The minimum absolute atomic E-state index is 0.227. The van der Waals surface area contributed by atoms with Crippen molar-refractivity contribution in [1.29, 1.82) is 5.26 Å². The summed E-state index contributed by atoms with van der Waals surface area (Å²) in [6.45, 7) is 0.576. The van der Waals surface area contributed by atoms with Crippen molar-refractivity contribution in [1.82, 2.24) is 4.98 Å². The van der Waals surface area contributed by atoms with E-state index in [1.165, 1.54) is 0 Å². The Balaban J connectivity index is 1.71. The van der Waals surface area contributed by atoms with Gasteiger partial charge in [-0.05, 0) is 41.8 Å². The lowest BCUT2D eigenvalue weighted by Crippen LogP contribution is -2.15. The van der Waals surface area contributed by atoms with Crippen LogP contribution in [0.1, 0.15) is 20.8 Å². The molecule has 2 aromatic heterocycles. The van der Waals surface area contributed by atoms with E-state index in [2.05, 4.69) is 21.7 Å². The molecular weight excluding hydrogens is 396 g/mol. The molecule has 0 spiro atoms. The van der Waals surface area contributed by atoms with Gasteiger partial charge in [-0.25, -0.2) is 4.98 Å². The average molecular weight is 414 g/mol. The summed E-state index contributed by atoms with van der Waals surface area (Å²) in [6.07, 6.45) is 0. The number of methoxy groups -OCH3 is 1. The summed E-state index contributed by atoms with van der Waals surface area (Å²) in [4.78, 5) is 18.4. The van der Waals surface area contributed by atoms with Crippen LogP contribution in [0.25, 0.3) is 10.9 Å². The fourth-order valence-corrected chi connectivity index (χ4v) is 3.75. The van der Waals surface area contributed by atoms with E-state index in [-0.39, 0.29) is 11.7 Å². The first kappa shape index (κ1) is 19.4. The lowest BCUT2D eigenvalue weighted by Gasteiger charge is -2.15. The van der Waals surface area contributed by atoms with Crippen LogP contribution in [0.5, 0.6) is 5.75 Å². The van der Waals surface area contributed by atoms with Crippen molar-refractivity contribution in [3.05, 3.63) is 82.0 Å². The molecule has 0 aliphatic rings. The number of hydrogen-bond acceptors (Lipinski definition) is 6. The number of rotatable bonds is 6. The zero-order chi connectivity index (χ0) is 20.9.